The second-order valence-corrected chi connectivity index (χ2v) is 3.80. The van der Waals surface area contributed by atoms with Crippen LogP contribution in [0.3, 0.4) is 0 Å². The van der Waals surface area contributed by atoms with Crippen molar-refractivity contribution in [3.05, 3.63) is 30.1 Å². The topological polar surface area (TPSA) is 63.3 Å². The van der Waals surface area contributed by atoms with Crippen molar-refractivity contribution in [3.63, 3.8) is 0 Å². The molecule has 0 aromatic heterocycles. The van der Waals surface area contributed by atoms with Gasteiger partial charge < -0.3 is 10.8 Å². The minimum atomic E-state index is -0.833. The lowest BCUT2D eigenvalue weighted by Crippen LogP contribution is -1.82. The van der Waals surface area contributed by atoms with Crippen LogP contribution in [0.1, 0.15) is 41.5 Å². The van der Waals surface area contributed by atoms with Crippen LogP contribution in [0.15, 0.2) is 24.3 Å². The van der Waals surface area contributed by atoms with E-state index in [1.165, 1.54) is 24.3 Å². The molecule has 0 unspecified atom stereocenters. The van der Waals surface area contributed by atoms with Crippen molar-refractivity contribution in [2.24, 2.45) is 5.92 Å². The first-order valence-electron chi connectivity index (χ1n) is 5.96. The minimum absolute atomic E-state index is 0.251. The molecule has 0 fully saturated rings. The third-order valence-electron chi connectivity index (χ3n) is 0.870. The van der Waals surface area contributed by atoms with Crippen LogP contribution in [0.4, 0.5) is 10.1 Å². The number of carboxylic acids is 1. The van der Waals surface area contributed by atoms with Crippen molar-refractivity contribution in [1.29, 1.82) is 0 Å². The molecule has 0 saturated carbocycles. The summed E-state index contributed by atoms with van der Waals surface area (Å²) in [6.07, 6.45) is 0. The molecule has 106 valence electrons. The maximum Gasteiger partial charge on any atom is 0.300 e. The summed E-state index contributed by atoms with van der Waals surface area (Å²) >= 11 is 0. The van der Waals surface area contributed by atoms with Crippen LogP contribution in [0.5, 0.6) is 0 Å². The maximum absolute atomic E-state index is 12.0. The molecule has 0 spiro atoms. The van der Waals surface area contributed by atoms with E-state index in [1.807, 2.05) is 13.8 Å². The number of benzene rings is 1. The van der Waals surface area contributed by atoms with Gasteiger partial charge >= 0.3 is 0 Å². The molecule has 1 aromatic carbocycles. The van der Waals surface area contributed by atoms with Crippen LogP contribution in [0.25, 0.3) is 0 Å². The number of rotatable bonds is 0. The lowest BCUT2D eigenvalue weighted by atomic mass is 10.3. The van der Waals surface area contributed by atoms with E-state index in [0.29, 0.717) is 5.69 Å². The van der Waals surface area contributed by atoms with Gasteiger partial charge in [0.05, 0.1) is 0 Å². The van der Waals surface area contributed by atoms with Crippen molar-refractivity contribution >= 4 is 11.7 Å². The fraction of sp³-hybridized carbons (Fsp3) is 0.500. The predicted octanol–water partition coefficient (Wildman–Crippen LogP) is 4.19. The van der Waals surface area contributed by atoms with Gasteiger partial charge in [-0.2, -0.15) is 0 Å². The van der Waals surface area contributed by atoms with Gasteiger partial charge in [-0.3, -0.25) is 4.79 Å². The molecule has 0 saturated heterocycles. The zero-order valence-corrected chi connectivity index (χ0v) is 12.2. The van der Waals surface area contributed by atoms with E-state index in [1.54, 1.807) is 0 Å². The Morgan fingerprint density at radius 2 is 1.39 bits per heavy atom. The number of carboxylic acid groups (broad SMARTS) is 1. The summed E-state index contributed by atoms with van der Waals surface area (Å²) in [5.74, 6) is -0.251. The summed E-state index contributed by atoms with van der Waals surface area (Å²) in [7, 11) is 0. The zero-order chi connectivity index (χ0) is 15.1. The molecule has 0 aliphatic carbocycles. The fourth-order valence-electron chi connectivity index (χ4n) is 0.463. The average molecular weight is 259 g/mol. The first-order chi connectivity index (χ1) is 8.25. The van der Waals surface area contributed by atoms with Gasteiger partial charge in [-0.05, 0) is 30.2 Å². The molecule has 3 N–H and O–H groups in total. The molecular weight excluding hydrogens is 233 g/mol. The average Bonchev–Trinajstić information content (AvgIpc) is 2.24. The highest BCUT2D eigenvalue weighted by Crippen LogP contribution is 2.01. The lowest BCUT2D eigenvalue weighted by Gasteiger charge is -1.87. The normalized spacial score (nSPS) is 7.78. The van der Waals surface area contributed by atoms with Gasteiger partial charge in [0.25, 0.3) is 5.97 Å². The molecule has 3 nitrogen and oxygen atoms in total. The highest BCUT2D eigenvalue weighted by molar-refractivity contribution is 5.62. The number of carbonyl (C=O) groups is 1. The van der Waals surface area contributed by atoms with Crippen LogP contribution in [-0.4, -0.2) is 11.1 Å². The molecule has 0 bridgehead atoms. The largest absolute Gasteiger partial charge is 0.481 e. The molecule has 0 aliphatic heterocycles. The zero-order valence-electron chi connectivity index (χ0n) is 12.2. The van der Waals surface area contributed by atoms with Crippen molar-refractivity contribution in [1.82, 2.24) is 0 Å². The van der Waals surface area contributed by atoms with E-state index in [4.69, 9.17) is 15.6 Å². The van der Waals surface area contributed by atoms with E-state index >= 15 is 0 Å². The van der Waals surface area contributed by atoms with E-state index in [0.717, 1.165) is 12.8 Å². The number of hydrogen-bond acceptors (Lipinski definition) is 2. The minimum Gasteiger partial charge on any atom is -0.481 e. The monoisotopic (exact) mass is 259 g/mol. The Hall–Kier alpha value is -1.58. The number of anilines is 1. The molecule has 0 amide bonds. The third-order valence-corrected chi connectivity index (χ3v) is 0.870. The summed E-state index contributed by atoms with van der Waals surface area (Å²) in [6.45, 7) is 11.6. The second kappa shape index (κ2) is 15.4. The Morgan fingerprint density at radius 1 is 1.17 bits per heavy atom. The number of nitrogen functional groups attached to an aromatic ring is 1. The van der Waals surface area contributed by atoms with Gasteiger partial charge in [0.15, 0.2) is 0 Å². The van der Waals surface area contributed by atoms with Crippen LogP contribution < -0.4 is 5.73 Å². The molecule has 0 heterocycles. The van der Waals surface area contributed by atoms with Crippen molar-refractivity contribution in [2.45, 2.75) is 41.5 Å². The van der Waals surface area contributed by atoms with E-state index in [2.05, 4.69) is 20.8 Å². The number of halogens is 1. The van der Waals surface area contributed by atoms with Crippen LogP contribution in [0, 0.1) is 11.7 Å². The Balaban J connectivity index is -0.000000194. The smallest absolute Gasteiger partial charge is 0.300 e. The van der Waals surface area contributed by atoms with Gasteiger partial charge in [-0.25, -0.2) is 4.39 Å². The standard InChI is InChI=1S/C6H6FN.C4H10.C2H4O2.C2H6/c7-5-1-3-6(8)4-2-5;1-4(2)3;1-2(3)4;1-2/h1-4H,8H2;4H,1-3H3;1H3,(H,3,4);1-2H3. The Morgan fingerprint density at radius 3 is 1.56 bits per heavy atom. The summed E-state index contributed by atoms with van der Waals surface area (Å²) in [5.41, 5.74) is 5.85. The van der Waals surface area contributed by atoms with Gasteiger partial charge in [0.2, 0.25) is 0 Å². The fourth-order valence-corrected chi connectivity index (χ4v) is 0.463. The number of hydrogen-bond donors (Lipinski definition) is 2. The van der Waals surface area contributed by atoms with Crippen molar-refractivity contribution in [2.75, 3.05) is 5.73 Å². The molecule has 4 heteroatoms. The Bertz CT molecular complexity index is 257. The first-order valence-corrected chi connectivity index (χ1v) is 5.96. The molecule has 0 radical (unpaired) electrons. The molecular formula is C14H26FNO2. The SMILES string of the molecule is CC.CC(=O)O.CC(C)C.Nc1ccc(F)cc1. The van der Waals surface area contributed by atoms with Gasteiger partial charge in [-0.1, -0.05) is 34.6 Å². The van der Waals surface area contributed by atoms with Gasteiger partial charge in [0, 0.05) is 12.6 Å². The molecule has 0 aliphatic rings. The van der Waals surface area contributed by atoms with E-state index in [9.17, 15) is 4.39 Å². The highest BCUT2D eigenvalue weighted by Gasteiger charge is 1.83. The molecule has 0 atom stereocenters. The Labute approximate surface area is 110 Å². The molecule has 1 rings (SSSR count). The quantitative estimate of drug-likeness (QED) is 0.687. The summed E-state index contributed by atoms with van der Waals surface area (Å²) < 4.78 is 12.0. The highest BCUT2D eigenvalue weighted by atomic mass is 19.1. The van der Waals surface area contributed by atoms with E-state index < -0.39 is 5.97 Å². The Kier molecular flexibility index (Phi) is 18.6. The predicted molar refractivity (Wildman–Crippen MR) is 76.0 cm³/mol. The maximum atomic E-state index is 12.0. The first kappa shape index (κ1) is 21.7. The summed E-state index contributed by atoms with van der Waals surface area (Å²) in [5, 5.41) is 7.42. The summed E-state index contributed by atoms with van der Waals surface area (Å²) in [4.78, 5) is 9.00. The second-order valence-electron chi connectivity index (χ2n) is 3.80. The van der Waals surface area contributed by atoms with Crippen LogP contribution in [0.2, 0.25) is 0 Å². The molecule has 1 aromatic rings. The van der Waals surface area contributed by atoms with Crippen LogP contribution >= 0.6 is 0 Å². The van der Waals surface area contributed by atoms with Crippen molar-refractivity contribution in [3.8, 4) is 0 Å². The summed E-state index contributed by atoms with van der Waals surface area (Å²) in [6, 6.07) is 5.70. The van der Waals surface area contributed by atoms with Gasteiger partial charge in [-0.15, -0.1) is 0 Å². The number of nitrogens with two attached hydrogens (primary N) is 1. The van der Waals surface area contributed by atoms with Crippen molar-refractivity contribution < 1.29 is 14.3 Å². The van der Waals surface area contributed by atoms with Crippen LogP contribution in [-0.2, 0) is 4.79 Å². The number of aliphatic carboxylic acids is 1. The third kappa shape index (κ3) is 36.6. The lowest BCUT2D eigenvalue weighted by molar-refractivity contribution is -0.134. The van der Waals surface area contributed by atoms with Gasteiger partial charge in [0.1, 0.15) is 5.82 Å². The van der Waals surface area contributed by atoms with E-state index in [-0.39, 0.29) is 5.82 Å². The molecule has 18 heavy (non-hydrogen) atoms.